The summed E-state index contributed by atoms with van der Waals surface area (Å²) in [5, 5.41) is 11.9. The Morgan fingerprint density at radius 2 is 2.19 bits per heavy atom. The average Bonchev–Trinajstić information content (AvgIpc) is 2.91. The fourth-order valence-electron chi connectivity index (χ4n) is 2.02. The van der Waals surface area contributed by atoms with E-state index in [9.17, 15) is 0 Å². The minimum absolute atomic E-state index is 0.0903. The lowest BCUT2D eigenvalue weighted by Crippen LogP contribution is -2.05. The number of nitrogens with zero attached hydrogens (tertiary/aromatic N) is 1. The molecule has 0 aliphatic carbocycles. The second-order valence-corrected chi connectivity index (χ2v) is 4.95. The number of benzene rings is 1. The number of anilines is 1. The molecule has 4 nitrogen and oxygen atoms in total. The number of nitrogens with one attached hydrogen (secondary N) is 1. The highest BCUT2D eigenvalue weighted by Crippen LogP contribution is 2.24. The molecule has 4 heteroatoms. The van der Waals surface area contributed by atoms with Crippen molar-refractivity contribution in [2.75, 3.05) is 11.9 Å². The molecule has 1 unspecified atom stereocenters. The number of aryl methyl sites for hydroxylation is 1. The summed E-state index contributed by atoms with van der Waals surface area (Å²) in [6.07, 6.45) is 1.27. The largest absolute Gasteiger partial charge is 0.493 e. The topological polar surface area (TPSA) is 58.2 Å². The van der Waals surface area contributed by atoms with Crippen molar-refractivity contribution in [3.8, 4) is 11.8 Å². The van der Waals surface area contributed by atoms with Crippen molar-refractivity contribution in [1.82, 2.24) is 0 Å². The number of ether oxygens (including phenoxy) is 1. The molecule has 1 atom stereocenters. The van der Waals surface area contributed by atoms with Crippen LogP contribution in [0.4, 0.5) is 5.69 Å². The van der Waals surface area contributed by atoms with Gasteiger partial charge in [0.2, 0.25) is 0 Å². The van der Waals surface area contributed by atoms with Gasteiger partial charge in [-0.3, -0.25) is 0 Å². The standard InChI is InChI=1S/C17H20N2O2/c1-13-8-9-17(21-13)14(2)19-15-6-5-7-16(12-15)20-11-4-3-10-18/h5-9,12,14,19H,3-4,11H2,1-2H3. The van der Waals surface area contributed by atoms with Crippen molar-refractivity contribution in [3.05, 3.63) is 47.9 Å². The van der Waals surface area contributed by atoms with E-state index in [1.54, 1.807) is 0 Å². The monoisotopic (exact) mass is 284 g/mol. The summed E-state index contributed by atoms with van der Waals surface area (Å²) in [5.41, 5.74) is 0.981. The molecule has 1 aromatic carbocycles. The van der Waals surface area contributed by atoms with E-state index < -0.39 is 0 Å². The minimum atomic E-state index is 0.0903. The number of rotatable bonds is 7. The van der Waals surface area contributed by atoms with E-state index in [-0.39, 0.29) is 6.04 Å². The molecular weight excluding hydrogens is 264 g/mol. The van der Waals surface area contributed by atoms with Gasteiger partial charge in [-0.15, -0.1) is 0 Å². The molecule has 0 spiro atoms. The van der Waals surface area contributed by atoms with Gasteiger partial charge in [-0.05, 0) is 44.5 Å². The normalized spacial score (nSPS) is 11.7. The zero-order valence-electron chi connectivity index (χ0n) is 12.4. The van der Waals surface area contributed by atoms with Crippen LogP contribution in [0.15, 0.2) is 40.8 Å². The van der Waals surface area contributed by atoms with Crippen molar-refractivity contribution in [1.29, 1.82) is 5.26 Å². The van der Waals surface area contributed by atoms with E-state index in [0.717, 1.165) is 29.4 Å². The molecule has 0 fully saturated rings. The first-order valence-electron chi connectivity index (χ1n) is 7.11. The van der Waals surface area contributed by atoms with Crippen LogP contribution in [0.25, 0.3) is 0 Å². The SMILES string of the molecule is Cc1ccc(C(C)Nc2cccc(OCCCC#N)c2)o1. The summed E-state index contributed by atoms with van der Waals surface area (Å²) in [4.78, 5) is 0. The molecule has 1 heterocycles. The summed E-state index contributed by atoms with van der Waals surface area (Å²) < 4.78 is 11.2. The highest BCUT2D eigenvalue weighted by atomic mass is 16.5. The first-order chi connectivity index (χ1) is 10.2. The van der Waals surface area contributed by atoms with E-state index in [1.165, 1.54) is 0 Å². The van der Waals surface area contributed by atoms with E-state index in [1.807, 2.05) is 43.3 Å². The Balaban J connectivity index is 1.93. The lowest BCUT2D eigenvalue weighted by molar-refractivity contribution is 0.313. The molecule has 0 aliphatic rings. The van der Waals surface area contributed by atoms with Gasteiger partial charge in [-0.1, -0.05) is 6.07 Å². The summed E-state index contributed by atoms with van der Waals surface area (Å²) in [6.45, 7) is 4.55. The van der Waals surface area contributed by atoms with E-state index in [0.29, 0.717) is 13.0 Å². The van der Waals surface area contributed by atoms with Crippen LogP contribution in [0.2, 0.25) is 0 Å². The quantitative estimate of drug-likeness (QED) is 0.763. The van der Waals surface area contributed by atoms with Crippen LogP contribution in [0, 0.1) is 18.3 Å². The van der Waals surface area contributed by atoms with Crippen molar-refractivity contribution >= 4 is 5.69 Å². The van der Waals surface area contributed by atoms with Crippen LogP contribution >= 0.6 is 0 Å². The van der Waals surface area contributed by atoms with Gasteiger partial charge in [0.25, 0.3) is 0 Å². The maximum atomic E-state index is 8.49. The third kappa shape index (κ3) is 4.57. The Labute approximate surface area is 125 Å². The zero-order chi connectivity index (χ0) is 15.1. The van der Waals surface area contributed by atoms with E-state index >= 15 is 0 Å². The van der Waals surface area contributed by atoms with Gasteiger partial charge in [0.05, 0.1) is 18.7 Å². The number of hydrogen-bond acceptors (Lipinski definition) is 4. The zero-order valence-corrected chi connectivity index (χ0v) is 12.4. The van der Waals surface area contributed by atoms with Crippen LogP contribution in [0.5, 0.6) is 5.75 Å². The van der Waals surface area contributed by atoms with E-state index in [4.69, 9.17) is 14.4 Å². The third-order valence-electron chi connectivity index (χ3n) is 3.11. The average molecular weight is 284 g/mol. The van der Waals surface area contributed by atoms with Crippen LogP contribution in [-0.2, 0) is 0 Å². The molecule has 0 saturated carbocycles. The smallest absolute Gasteiger partial charge is 0.126 e. The number of unbranched alkanes of at least 4 members (excludes halogenated alkanes) is 1. The Morgan fingerprint density at radius 3 is 2.90 bits per heavy atom. The van der Waals surface area contributed by atoms with Gasteiger partial charge in [-0.25, -0.2) is 0 Å². The first-order valence-corrected chi connectivity index (χ1v) is 7.11. The molecule has 0 radical (unpaired) electrons. The summed E-state index contributed by atoms with van der Waals surface area (Å²) in [7, 11) is 0. The molecule has 21 heavy (non-hydrogen) atoms. The maximum absolute atomic E-state index is 8.49. The predicted octanol–water partition coefficient (Wildman–Crippen LogP) is 4.44. The second kappa shape index (κ2) is 7.39. The molecule has 2 aromatic rings. The second-order valence-electron chi connectivity index (χ2n) is 4.95. The highest BCUT2D eigenvalue weighted by Gasteiger charge is 2.09. The third-order valence-corrected chi connectivity index (χ3v) is 3.11. The fraction of sp³-hybridized carbons (Fsp3) is 0.353. The van der Waals surface area contributed by atoms with Gasteiger partial charge in [0, 0.05) is 18.2 Å². The first kappa shape index (κ1) is 15.0. The van der Waals surface area contributed by atoms with Crippen LogP contribution in [0.3, 0.4) is 0 Å². The maximum Gasteiger partial charge on any atom is 0.126 e. The Morgan fingerprint density at radius 1 is 1.33 bits per heavy atom. The Hall–Kier alpha value is -2.41. The van der Waals surface area contributed by atoms with Crippen LogP contribution < -0.4 is 10.1 Å². The molecule has 2 rings (SSSR count). The van der Waals surface area contributed by atoms with Crippen molar-refractivity contribution in [2.45, 2.75) is 32.7 Å². The van der Waals surface area contributed by atoms with Crippen molar-refractivity contribution < 1.29 is 9.15 Å². The van der Waals surface area contributed by atoms with Crippen molar-refractivity contribution in [2.24, 2.45) is 0 Å². The van der Waals surface area contributed by atoms with Gasteiger partial charge in [0.15, 0.2) is 0 Å². The van der Waals surface area contributed by atoms with Gasteiger partial charge < -0.3 is 14.5 Å². The summed E-state index contributed by atoms with van der Waals surface area (Å²) in [6, 6.07) is 14.0. The van der Waals surface area contributed by atoms with Crippen LogP contribution in [0.1, 0.15) is 37.3 Å². The lowest BCUT2D eigenvalue weighted by atomic mass is 10.2. The Kier molecular flexibility index (Phi) is 5.28. The number of hydrogen-bond donors (Lipinski definition) is 1. The summed E-state index contributed by atoms with van der Waals surface area (Å²) in [5.74, 6) is 2.63. The van der Waals surface area contributed by atoms with Crippen LogP contribution in [-0.4, -0.2) is 6.61 Å². The molecule has 0 saturated heterocycles. The van der Waals surface area contributed by atoms with E-state index in [2.05, 4.69) is 18.3 Å². The number of furan rings is 1. The molecular formula is C17H20N2O2. The molecule has 1 aromatic heterocycles. The molecule has 1 N–H and O–H groups in total. The van der Waals surface area contributed by atoms with Gasteiger partial charge in [0.1, 0.15) is 17.3 Å². The number of nitriles is 1. The highest BCUT2D eigenvalue weighted by molar-refractivity contribution is 5.49. The molecule has 0 aliphatic heterocycles. The minimum Gasteiger partial charge on any atom is -0.493 e. The molecule has 0 bridgehead atoms. The predicted molar refractivity (Wildman–Crippen MR) is 82.3 cm³/mol. The van der Waals surface area contributed by atoms with Crippen molar-refractivity contribution in [3.63, 3.8) is 0 Å². The Bertz CT molecular complexity index is 613. The molecule has 110 valence electrons. The summed E-state index contributed by atoms with van der Waals surface area (Å²) >= 11 is 0. The van der Waals surface area contributed by atoms with Gasteiger partial charge >= 0.3 is 0 Å². The van der Waals surface area contributed by atoms with Gasteiger partial charge in [-0.2, -0.15) is 5.26 Å². The lowest BCUT2D eigenvalue weighted by Gasteiger charge is -2.14. The fourth-order valence-corrected chi connectivity index (χ4v) is 2.02. The molecule has 0 amide bonds.